The highest BCUT2D eigenvalue weighted by atomic mass is 16.4. The Balaban J connectivity index is 2.22. The Labute approximate surface area is 108 Å². The third-order valence-corrected chi connectivity index (χ3v) is 3.00. The van der Waals surface area contributed by atoms with Gasteiger partial charge in [0.25, 0.3) is 0 Å². The molecule has 0 spiro atoms. The van der Waals surface area contributed by atoms with Crippen LogP contribution in [0.25, 0.3) is 17.4 Å². The van der Waals surface area contributed by atoms with Crippen LogP contribution in [-0.4, -0.2) is 30.2 Å². The van der Waals surface area contributed by atoms with Crippen molar-refractivity contribution in [3.05, 3.63) is 29.8 Å². The fourth-order valence-corrected chi connectivity index (χ4v) is 2.08. The van der Waals surface area contributed by atoms with Gasteiger partial charge in [0, 0.05) is 7.05 Å². The summed E-state index contributed by atoms with van der Waals surface area (Å²) in [7, 11) is 1.82. The van der Waals surface area contributed by atoms with Crippen LogP contribution in [-0.2, 0) is 18.3 Å². The zero-order valence-electron chi connectivity index (χ0n) is 10.5. The lowest BCUT2D eigenvalue weighted by atomic mass is 10.3. The van der Waals surface area contributed by atoms with Crippen LogP contribution in [0.1, 0.15) is 11.4 Å². The van der Waals surface area contributed by atoms with Crippen LogP contribution in [0.2, 0.25) is 0 Å². The maximum Gasteiger partial charge on any atom is 0.309 e. The highest BCUT2D eigenvalue weighted by Gasteiger charge is 2.19. The number of imidazole rings is 1. The third-order valence-electron chi connectivity index (χ3n) is 3.00. The van der Waals surface area contributed by atoms with E-state index >= 15 is 0 Å². The first kappa shape index (κ1) is 11.5. The number of carboxylic acid groups (broad SMARTS) is 1. The van der Waals surface area contributed by atoms with Crippen molar-refractivity contribution in [2.75, 3.05) is 0 Å². The van der Waals surface area contributed by atoms with Crippen molar-refractivity contribution in [1.29, 1.82) is 0 Å². The Bertz CT molecular complexity index is 752. The van der Waals surface area contributed by atoms with Gasteiger partial charge in [-0.3, -0.25) is 9.36 Å². The molecule has 0 atom stereocenters. The van der Waals surface area contributed by atoms with E-state index in [2.05, 4.69) is 10.1 Å². The predicted molar refractivity (Wildman–Crippen MR) is 65.7 cm³/mol. The van der Waals surface area contributed by atoms with Gasteiger partial charge in [0.05, 0.1) is 24.1 Å². The van der Waals surface area contributed by atoms with E-state index in [1.807, 2.05) is 7.05 Å². The summed E-state index contributed by atoms with van der Waals surface area (Å²) in [6.07, 6.45) is 1.46. The van der Waals surface area contributed by atoms with E-state index in [-0.39, 0.29) is 6.42 Å². The number of rotatable bonds is 3. The van der Waals surface area contributed by atoms with Crippen LogP contribution >= 0.6 is 0 Å². The predicted octanol–water partition coefficient (Wildman–Crippen LogP) is 1.26. The Kier molecular flexibility index (Phi) is 2.41. The molecule has 0 aliphatic heterocycles. The Morgan fingerprint density at radius 1 is 1.53 bits per heavy atom. The van der Waals surface area contributed by atoms with E-state index in [0.717, 1.165) is 0 Å². The fourth-order valence-electron chi connectivity index (χ4n) is 2.08. The van der Waals surface area contributed by atoms with Crippen LogP contribution in [0.15, 0.2) is 22.8 Å². The van der Waals surface area contributed by atoms with Gasteiger partial charge in [0.15, 0.2) is 11.6 Å². The molecule has 0 fully saturated rings. The highest BCUT2D eigenvalue weighted by molar-refractivity contribution is 5.70. The van der Waals surface area contributed by atoms with Gasteiger partial charge in [0.1, 0.15) is 0 Å². The number of hydrogen-bond donors (Lipinski definition) is 1. The van der Waals surface area contributed by atoms with E-state index in [1.54, 1.807) is 34.4 Å². The molecule has 0 radical (unpaired) electrons. The summed E-state index contributed by atoms with van der Waals surface area (Å²) in [5, 5.41) is 13.3. The number of aryl methyl sites for hydroxylation is 2. The van der Waals surface area contributed by atoms with Crippen LogP contribution in [0, 0.1) is 6.92 Å². The highest BCUT2D eigenvalue weighted by Crippen LogP contribution is 2.21. The molecule has 0 saturated carbocycles. The summed E-state index contributed by atoms with van der Waals surface area (Å²) in [6, 6.07) is 3.57. The van der Waals surface area contributed by atoms with E-state index in [4.69, 9.17) is 9.52 Å². The van der Waals surface area contributed by atoms with Crippen LogP contribution in [0.3, 0.4) is 0 Å². The summed E-state index contributed by atoms with van der Waals surface area (Å²) in [4.78, 5) is 15.2. The minimum absolute atomic E-state index is 0.110. The molecule has 7 nitrogen and oxygen atoms in total. The van der Waals surface area contributed by atoms with Crippen molar-refractivity contribution < 1.29 is 14.3 Å². The minimum atomic E-state index is -0.907. The molecular weight excluding hydrogens is 248 g/mol. The quantitative estimate of drug-likeness (QED) is 0.766. The van der Waals surface area contributed by atoms with Gasteiger partial charge in [-0.1, -0.05) is 0 Å². The average Bonchev–Trinajstić information content (AvgIpc) is 3.01. The maximum absolute atomic E-state index is 10.9. The first-order valence-corrected chi connectivity index (χ1v) is 5.74. The summed E-state index contributed by atoms with van der Waals surface area (Å²) < 4.78 is 8.64. The van der Waals surface area contributed by atoms with Crippen molar-refractivity contribution in [2.24, 2.45) is 7.05 Å². The molecule has 3 heterocycles. The van der Waals surface area contributed by atoms with Gasteiger partial charge < -0.3 is 9.52 Å². The van der Waals surface area contributed by atoms with E-state index in [9.17, 15) is 4.79 Å². The molecule has 1 N–H and O–H groups in total. The summed E-state index contributed by atoms with van der Waals surface area (Å²) in [5.41, 5.74) is 1.25. The number of aliphatic carboxylic acids is 1. The topological polar surface area (TPSA) is 85.6 Å². The molecule has 3 aromatic rings. The number of nitrogens with zero attached hydrogens (tertiary/aromatic N) is 4. The van der Waals surface area contributed by atoms with Crippen LogP contribution in [0.4, 0.5) is 0 Å². The molecule has 19 heavy (non-hydrogen) atoms. The molecule has 7 heteroatoms. The lowest BCUT2D eigenvalue weighted by Crippen LogP contribution is -2.05. The van der Waals surface area contributed by atoms with Gasteiger partial charge >= 0.3 is 5.97 Å². The number of aromatic nitrogens is 4. The minimum Gasteiger partial charge on any atom is -0.481 e. The zero-order valence-corrected chi connectivity index (χ0v) is 10.5. The molecular formula is C12H12N4O3. The van der Waals surface area contributed by atoms with E-state index in [0.29, 0.717) is 28.8 Å². The van der Waals surface area contributed by atoms with Crippen LogP contribution < -0.4 is 0 Å². The first-order valence-electron chi connectivity index (χ1n) is 5.74. The molecule has 0 aliphatic rings. The Hall–Kier alpha value is -2.57. The third kappa shape index (κ3) is 1.70. The average molecular weight is 260 g/mol. The second-order valence-corrected chi connectivity index (χ2v) is 4.29. The number of hydrogen-bond acceptors (Lipinski definition) is 4. The number of carboxylic acids is 1. The largest absolute Gasteiger partial charge is 0.481 e. The van der Waals surface area contributed by atoms with Crippen LogP contribution in [0.5, 0.6) is 0 Å². The summed E-state index contributed by atoms with van der Waals surface area (Å²) in [6.45, 7) is 1.78. The molecule has 0 bridgehead atoms. The van der Waals surface area contributed by atoms with Crippen molar-refractivity contribution >= 4 is 11.7 Å². The summed E-state index contributed by atoms with van der Waals surface area (Å²) in [5.74, 6) is 0.918. The van der Waals surface area contributed by atoms with Crippen molar-refractivity contribution in [3.63, 3.8) is 0 Å². The second-order valence-electron chi connectivity index (χ2n) is 4.29. The van der Waals surface area contributed by atoms with E-state index in [1.165, 1.54) is 0 Å². The maximum atomic E-state index is 10.9. The molecule has 3 rings (SSSR count). The zero-order chi connectivity index (χ0) is 13.6. The number of furan rings is 1. The number of carbonyl (C=O) groups is 1. The lowest BCUT2D eigenvalue weighted by Gasteiger charge is -1.96. The number of fused-ring (bicyclic) bond motifs is 1. The Morgan fingerprint density at radius 3 is 2.95 bits per heavy atom. The van der Waals surface area contributed by atoms with Gasteiger partial charge in [-0.2, -0.15) is 4.52 Å². The van der Waals surface area contributed by atoms with Crippen molar-refractivity contribution in [1.82, 2.24) is 19.2 Å². The smallest absolute Gasteiger partial charge is 0.309 e. The molecule has 3 aromatic heterocycles. The Morgan fingerprint density at radius 2 is 2.32 bits per heavy atom. The second kappa shape index (κ2) is 3.98. The standard InChI is InChI=1S/C12H12N4O3/c1-7-8(6-10(17)18)16-12(13-7)15(2)11(14-16)9-4-3-5-19-9/h3-5H,6H2,1-2H3,(H,17,18). The normalized spacial score (nSPS) is 11.3. The van der Waals surface area contributed by atoms with Crippen molar-refractivity contribution in [3.8, 4) is 11.6 Å². The molecule has 98 valence electrons. The molecule has 0 unspecified atom stereocenters. The fraction of sp³-hybridized carbons (Fsp3) is 0.250. The molecule has 0 saturated heterocycles. The van der Waals surface area contributed by atoms with E-state index < -0.39 is 5.97 Å². The molecule has 0 aliphatic carbocycles. The first-order chi connectivity index (χ1) is 9.08. The lowest BCUT2D eigenvalue weighted by molar-refractivity contribution is -0.136. The van der Waals surface area contributed by atoms with Gasteiger partial charge in [-0.05, 0) is 19.1 Å². The molecule has 0 aromatic carbocycles. The van der Waals surface area contributed by atoms with Gasteiger partial charge in [0.2, 0.25) is 5.78 Å². The monoisotopic (exact) mass is 260 g/mol. The summed E-state index contributed by atoms with van der Waals surface area (Å²) >= 11 is 0. The van der Waals surface area contributed by atoms with Gasteiger partial charge in [-0.25, -0.2) is 4.98 Å². The SMILES string of the molecule is Cc1nc2n(C)c(-c3ccco3)nn2c1CC(=O)O. The van der Waals surface area contributed by atoms with Gasteiger partial charge in [-0.15, -0.1) is 5.10 Å². The van der Waals surface area contributed by atoms with Crippen molar-refractivity contribution in [2.45, 2.75) is 13.3 Å². The molecule has 0 amide bonds.